The molecule has 2 aromatic rings. The van der Waals surface area contributed by atoms with E-state index < -0.39 is 0 Å². The molecular weight excluding hydrogens is 228 g/mol. The number of rotatable bonds is 2. The molecule has 1 aromatic heterocycles. The Kier molecular flexibility index (Phi) is 2.62. The van der Waals surface area contributed by atoms with Crippen LogP contribution in [0.15, 0.2) is 24.4 Å². The second-order valence-electron chi connectivity index (χ2n) is 4.50. The fraction of sp³-hybridized carbons (Fsp3) is 0.286. The summed E-state index contributed by atoms with van der Waals surface area (Å²) in [4.78, 5) is 15.4. The Morgan fingerprint density at radius 1 is 1.50 bits per heavy atom. The summed E-state index contributed by atoms with van der Waals surface area (Å²) in [6.07, 6.45) is 2.51. The molecule has 0 spiro atoms. The molecule has 18 heavy (non-hydrogen) atoms. The normalized spacial score (nSPS) is 18.9. The zero-order valence-electron chi connectivity index (χ0n) is 9.77. The van der Waals surface area contributed by atoms with E-state index in [1.165, 1.54) is 0 Å². The fourth-order valence-corrected chi connectivity index (χ4v) is 2.36. The van der Waals surface area contributed by atoms with Gasteiger partial charge in [-0.15, -0.1) is 0 Å². The van der Waals surface area contributed by atoms with Crippen LogP contribution in [0.1, 0.15) is 22.3 Å². The SMILES string of the molecule is N#Cc1ccc2[nH]cc(C(=O)C3CCOC3)c2c1. The summed E-state index contributed by atoms with van der Waals surface area (Å²) in [5.74, 6) is 0.0589. The standard InChI is InChI=1S/C14H12N2O2/c15-6-9-1-2-13-11(5-9)12(7-16-13)14(17)10-3-4-18-8-10/h1-2,5,7,10,16H,3-4,8H2. The summed E-state index contributed by atoms with van der Waals surface area (Å²) in [7, 11) is 0. The summed E-state index contributed by atoms with van der Waals surface area (Å²) < 4.78 is 5.25. The van der Waals surface area contributed by atoms with Gasteiger partial charge in [-0.3, -0.25) is 4.79 Å². The van der Waals surface area contributed by atoms with E-state index in [0.29, 0.717) is 24.3 Å². The van der Waals surface area contributed by atoms with Gasteiger partial charge in [-0.1, -0.05) is 0 Å². The number of Topliss-reactive ketones (excluding diaryl/α,β-unsaturated/α-hetero) is 1. The maximum Gasteiger partial charge on any atom is 0.170 e. The largest absolute Gasteiger partial charge is 0.381 e. The Hall–Kier alpha value is -2.12. The van der Waals surface area contributed by atoms with Crippen LogP contribution in [-0.4, -0.2) is 24.0 Å². The predicted octanol–water partition coefficient (Wildman–Crippen LogP) is 2.26. The van der Waals surface area contributed by atoms with Gasteiger partial charge in [-0.2, -0.15) is 5.26 Å². The third-order valence-corrected chi connectivity index (χ3v) is 3.38. The Morgan fingerprint density at radius 3 is 3.11 bits per heavy atom. The number of carbonyl (C=O) groups excluding carboxylic acids is 1. The molecule has 1 unspecified atom stereocenters. The quantitative estimate of drug-likeness (QED) is 0.819. The number of hydrogen-bond donors (Lipinski definition) is 1. The number of nitrogens with zero attached hydrogens (tertiary/aromatic N) is 1. The average molecular weight is 240 g/mol. The summed E-state index contributed by atoms with van der Waals surface area (Å²) in [6.45, 7) is 1.16. The zero-order valence-corrected chi connectivity index (χ0v) is 9.77. The first-order valence-electron chi connectivity index (χ1n) is 5.93. The van der Waals surface area contributed by atoms with Crippen LogP contribution >= 0.6 is 0 Å². The van der Waals surface area contributed by atoms with E-state index in [4.69, 9.17) is 10.00 Å². The molecule has 3 rings (SSSR count). The lowest BCUT2D eigenvalue weighted by molar-refractivity contribution is 0.0902. The van der Waals surface area contributed by atoms with E-state index >= 15 is 0 Å². The molecule has 1 saturated heterocycles. The number of aromatic nitrogens is 1. The molecule has 4 heteroatoms. The van der Waals surface area contributed by atoms with Crippen LogP contribution in [0, 0.1) is 17.2 Å². The van der Waals surface area contributed by atoms with Crippen molar-refractivity contribution < 1.29 is 9.53 Å². The average Bonchev–Trinajstić information content (AvgIpc) is 3.06. The predicted molar refractivity (Wildman–Crippen MR) is 66.3 cm³/mol. The Morgan fingerprint density at radius 2 is 2.39 bits per heavy atom. The second kappa shape index (κ2) is 4.28. The number of ketones is 1. The Labute approximate surface area is 104 Å². The highest BCUT2D eigenvalue weighted by atomic mass is 16.5. The van der Waals surface area contributed by atoms with Crippen molar-refractivity contribution in [2.24, 2.45) is 5.92 Å². The molecule has 0 saturated carbocycles. The number of carbonyl (C=O) groups is 1. The van der Waals surface area contributed by atoms with Gasteiger partial charge >= 0.3 is 0 Å². The number of nitriles is 1. The van der Waals surface area contributed by atoms with Crippen molar-refractivity contribution in [1.82, 2.24) is 4.98 Å². The molecule has 2 heterocycles. The molecule has 1 atom stereocenters. The number of nitrogens with one attached hydrogen (secondary N) is 1. The van der Waals surface area contributed by atoms with Gasteiger partial charge in [0.1, 0.15) is 0 Å². The van der Waals surface area contributed by atoms with Crippen molar-refractivity contribution in [3.8, 4) is 6.07 Å². The van der Waals surface area contributed by atoms with E-state index in [1.807, 2.05) is 6.07 Å². The summed E-state index contributed by atoms with van der Waals surface area (Å²) >= 11 is 0. The van der Waals surface area contributed by atoms with Crippen molar-refractivity contribution in [2.75, 3.05) is 13.2 Å². The molecule has 0 bridgehead atoms. The lowest BCUT2D eigenvalue weighted by Gasteiger charge is -2.04. The maximum absolute atomic E-state index is 12.3. The van der Waals surface area contributed by atoms with Crippen LogP contribution < -0.4 is 0 Å². The van der Waals surface area contributed by atoms with E-state index in [0.717, 1.165) is 17.3 Å². The first kappa shape index (κ1) is 11.0. The Bertz CT molecular complexity index is 645. The van der Waals surface area contributed by atoms with Gasteiger partial charge in [0, 0.05) is 35.2 Å². The number of ether oxygens (including phenoxy) is 1. The third kappa shape index (κ3) is 1.69. The van der Waals surface area contributed by atoms with Crippen molar-refractivity contribution >= 4 is 16.7 Å². The van der Waals surface area contributed by atoms with Crippen molar-refractivity contribution in [1.29, 1.82) is 5.26 Å². The number of H-pyrrole nitrogens is 1. The summed E-state index contributed by atoms with van der Waals surface area (Å²) in [6, 6.07) is 7.42. The lowest BCUT2D eigenvalue weighted by Crippen LogP contribution is -2.14. The van der Waals surface area contributed by atoms with Gasteiger partial charge in [0.15, 0.2) is 5.78 Å². The highest BCUT2D eigenvalue weighted by Gasteiger charge is 2.26. The number of fused-ring (bicyclic) bond motifs is 1. The van der Waals surface area contributed by atoms with Crippen molar-refractivity contribution in [2.45, 2.75) is 6.42 Å². The first-order valence-corrected chi connectivity index (χ1v) is 5.93. The molecule has 0 radical (unpaired) electrons. The molecule has 0 aliphatic carbocycles. The molecule has 1 aliphatic heterocycles. The minimum atomic E-state index is -0.0465. The summed E-state index contributed by atoms with van der Waals surface area (Å²) in [5, 5.41) is 9.74. The van der Waals surface area contributed by atoms with Crippen LogP contribution in [0.5, 0.6) is 0 Å². The molecular formula is C14H12N2O2. The zero-order chi connectivity index (χ0) is 12.5. The minimum Gasteiger partial charge on any atom is -0.381 e. The molecule has 0 amide bonds. The third-order valence-electron chi connectivity index (χ3n) is 3.38. The Balaban J connectivity index is 2.06. The van der Waals surface area contributed by atoms with Gasteiger partial charge in [-0.25, -0.2) is 0 Å². The second-order valence-corrected chi connectivity index (χ2v) is 4.50. The monoisotopic (exact) mass is 240 g/mol. The highest BCUT2D eigenvalue weighted by Crippen LogP contribution is 2.25. The smallest absolute Gasteiger partial charge is 0.170 e. The highest BCUT2D eigenvalue weighted by molar-refractivity contribution is 6.09. The van der Waals surface area contributed by atoms with Crippen LogP contribution in [0.25, 0.3) is 10.9 Å². The van der Waals surface area contributed by atoms with Gasteiger partial charge in [0.25, 0.3) is 0 Å². The van der Waals surface area contributed by atoms with E-state index in [9.17, 15) is 4.79 Å². The molecule has 1 N–H and O–H groups in total. The number of aromatic amines is 1. The van der Waals surface area contributed by atoms with Crippen molar-refractivity contribution in [3.05, 3.63) is 35.5 Å². The molecule has 1 aliphatic rings. The maximum atomic E-state index is 12.3. The molecule has 90 valence electrons. The van der Waals surface area contributed by atoms with E-state index in [2.05, 4.69) is 11.1 Å². The minimum absolute atomic E-state index is 0.0465. The van der Waals surface area contributed by atoms with Gasteiger partial charge < -0.3 is 9.72 Å². The van der Waals surface area contributed by atoms with E-state index in [-0.39, 0.29) is 11.7 Å². The first-order chi connectivity index (χ1) is 8.79. The lowest BCUT2D eigenvalue weighted by atomic mass is 9.96. The van der Waals surface area contributed by atoms with Crippen LogP contribution in [0.4, 0.5) is 0 Å². The molecule has 4 nitrogen and oxygen atoms in total. The number of benzene rings is 1. The summed E-state index contributed by atoms with van der Waals surface area (Å²) in [5.41, 5.74) is 2.12. The molecule has 1 aromatic carbocycles. The van der Waals surface area contributed by atoms with E-state index in [1.54, 1.807) is 18.3 Å². The number of hydrogen-bond acceptors (Lipinski definition) is 3. The van der Waals surface area contributed by atoms with Crippen LogP contribution in [0.3, 0.4) is 0 Å². The van der Waals surface area contributed by atoms with Gasteiger partial charge in [0.2, 0.25) is 0 Å². The van der Waals surface area contributed by atoms with Crippen LogP contribution in [0.2, 0.25) is 0 Å². The van der Waals surface area contributed by atoms with Gasteiger partial charge in [0.05, 0.1) is 18.2 Å². The topological polar surface area (TPSA) is 65.9 Å². The fourth-order valence-electron chi connectivity index (χ4n) is 2.36. The van der Waals surface area contributed by atoms with Gasteiger partial charge in [-0.05, 0) is 24.6 Å². The molecule has 1 fully saturated rings. The van der Waals surface area contributed by atoms with Crippen LogP contribution in [-0.2, 0) is 4.74 Å². The van der Waals surface area contributed by atoms with Crippen molar-refractivity contribution in [3.63, 3.8) is 0 Å².